The molecule has 1 aliphatic heterocycles. The van der Waals surface area contributed by atoms with E-state index < -0.39 is 17.8 Å². The zero-order chi connectivity index (χ0) is 25.1. The molecular formula is C27H23FN2O5. The molecule has 0 bridgehead atoms. The summed E-state index contributed by atoms with van der Waals surface area (Å²) in [5.74, 6) is -1.10. The van der Waals surface area contributed by atoms with E-state index in [9.17, 15) is 18.8 Å². The Kier molecular flexibility index (Phi) is 6.64. The highest BCUT2D eigenvalue weighted by Gasteiger charge is 2.37. The first kappa shape index (κ1) is 23.7. The monoisotopic (exact) mass is 474 g/mol. The Morgan fingerprint density at radius 3 is 2.49 bits per heavy atom. The summed E-state index contributed by atoms with van der Waals surface area (Å²) in [6.45, 7) is 3.82. The lowest BCUT2D eigenvalue weighted by molar-refractivity contribution is -0.122. The average Bonchev–Trinajstić information content (AvgIpc) is 2.82. The van der Waals surface area contributed by atoms with Gasteiger partial charge in [0.05, 0.1) is 12.8 Å². The fraction of sp³-hybridized carbons (Fsp3) is 0.148. The third kappa shape index (κ3) is 5.06. The number of aryl methyl sites for hydroxylation is 2. The van der Waals surface area contributed by atoms with Crippen molar-refractivity contribution in [1.29, 1.82) is 0 Å². The summed E-state index contributed by atoms with van der Waals surface area (Å²) in [6, 6.07) is 15.4. The number of barbiturate groups is 1. The lowest BCUT2D eigenvalue weighted by Crippen LogP contribution is -2.54. The molecule has 1 saturated heterocycles. The topological polar surface area (TPSA) is 84.9 Å². The Balaban J connectivity index is 1.61. The molecule has 0 aliphatic carbocycles. The lowest BCUT2D eigenvalue weighted by Gasteiger charge is -2.27. The number of halogens is 1. The zero-order valence-corrected chi connectivity index (χ0v) is 19.4. The number of imide groups is 2. The standard InChI is InChI=1S/C27H23FN2O5/c1-16-7-9-22(17(2)11-16)30-26(32)21(25(31)29-27(30)33)13-18-8-10-23(24(14-18)34-3)35-15-19-5-4-6-20(28)12-19/h4-14H,15H2,1-3H3,(H,29,31,33)/b21-13+. The normalized spacial score (nSPS) is 14.8. The van der Waals surface area contributed by atoms with Gasteiger partial charge in [-0.15, -0.1) is 0 Å². The molecule has 1 fully saturated rings. The van der Waals surface area contributed by atoms with Crippen LogP contribution in [-0.4, -0.2) is 25.0 Å². The van der Waals surface area contributed by atoms with Gasteiger partial charge in [0.2, 0.25) is 0 Å². The molecule has 4 amide bonds. The fourth-order valence-corrected chi connectivity index (χ4v) is 3.78. The molecule has 3 aromatic rings. The maximum absolute atomic E-state index is 13.4. The van der Waals surface area contributed by atoms with Gasteiger partial charge in [0, 0.05) is 0 Å². The number of hydrogen-bond donors (Lipinski definition) is 1. The minimum absolute atomic E-state index is 0.127. The highest BCUT2D eigenvalue weighted by Crippen LogP contribution is 2.31. The summed E-state index contributed by atoms with van der Waals surface area (Å²) in [4.78, 5) is 39.1. The Hall–Kier alpha value is -4.46. The second-order valence-electron chi connectivity index (χ2n) is 8.08. The molecule has 178 valence electrons. The molecule has 0 saturated carbocycles. The van der Waals surface area contributed by atoms with Crippen molar-refractivity contribution in [2.75, 3.05) is 12.0 Å². The Morgan fingerprint density at radius 1 is 0.971 bits per heavy atom. The van der Waals surface area contributed by atoms with Gasteiger partial charge in [0.15, 0.2) is 11.5 Å². The third-order valence-corrected chi connectivity index (χ3v) is 5.48. The van der Waals surface area contributed by atoms with E-state index in [2.05, 4.69) is 5.32 Å². The van der Waals surface area contributed by atoms with Crippen molar-refractivity contribution in [3.05, 3.63) is 94.3 Å². The van der Waals surface area contributed by atoms with Crippen molar-refractivity contribution in [2.24, 2.45) is 0 Å². The number of benzene rings is 3. The van der Waals surface area contributed by atoms with E-state index in [-0.39, 0.29) is 18.0 Å². The van der Waals surface area contributed by atoms with Crippen LogP contribution in [0.3, 0.4) is 0 Å². The number of hydrogen-bond acceptors (Lipinski definition) is 5. The Labute approximate surface area is 201 Å². The summed E-state index contributed by atoms with van der Waals surface area (Å²) in [5.41, 5.74) is 3.06. The maximum Gasteiger partial charge on any atom is 0.335 e. The van der Waals surface area contributed by atoms with Crippen molar-refractivity contribution in [3.63, 3.8) is 0 Å². The lowest BCUT2D eigenvalue weighted by atomic mass is 10.0. The number of rotatable bonds is 6. The van der Waals surface area contributed by atoms with Crippen molar-refractivity contribution < 1.29 is 28.2 Å². The molecule has 4 rings (SSSR count). The second-order valence-corrected chi connectivity index (χ2v) is 8.08. The van der Waals surface area contributed by atoms with E-state index in [1.54, 1.807) is 49.4 Å². The molecule has 1 heterocycles. The van der Waals surface area contributed by atoms with Crippen LogP contribution in [0.25, 0.3) is 6.08 Å². The SMILES string of the molecule is COc1cc(/C=C2\C(=O)NC(=O)N(c3ccc(C)cc3C)C2=O)ccc1OCc1cccc(F)c1. The number of nitrogens with zero attached hydrogens (tertiary/aromatic N) is 1. The van der Waals surface area contributed by atoms with Crippen LogP contribution in [-0.2, 0) is 16.2 Å². The molecule has 0 radical (unpaired) electrons. The van der Waals surface area contributed by atoms with Gasteiger partial charge in [-0.25, -0.2) is 14.1 Å². The van der Waals surface area contributed by atoms with E-state index in [1.165, 1.54) is 25.3 Å². The number of ether oxygens (including phenoxy) is 2. The van der Waals surface area contributed by atoms with Crippen LogP contribution in [0.1, 0.15) is 22.3 Å². The minimum atomic E-state index is -0.803. The molecule has 0 unspecified atom stereocenters. The van der Waals surface area contributed by atoms with Gasteiger partial charge in [-0.1, -0.05) is 35.9 Å². The summed E-state index contributed by atoms with van der Waals surface area (Å²) in [7, 11) is 1.46. The van der Waals surface area contributed by atoms with Crippen LogP contribution in [0.4, 0.5) is 14.9 Å². The van der Waals surface area contributed by atoms with Gasteiger partial charge in [-0.05, 0) is 66.9 Å². The molecule has 0 spiro atoms. The number of anilines is 1. The second kappa shape index (κ2) is 9.80. The molecule has 0 aromatic heterocycles. The largest absolute Gasteiger partial charge is 0.493 e. The van der Waals surface area contributed by atoms with Crippen molar-refractivity contribution >= 4 is 29.6 Å². The fourth-order valence-electron chi connectivity index (χ4n) is 3.78. The first-order chi connectivity index (χ1) is 16.8. The van der Waals surface area contributed by atoms with Crippen LogP contribution >= 0.6 is 0 Å². The predicted molar refractivity (Wildman–Crippen MR) is 129 cm³/mol. The van der Waals surface area contributed by atoms with Gasteiger partial charge in [0.1, 0.15) is 18.0 Å². The maximum atomic E-state index is 13.4. The van der Waals surface area contributed by atoms with Gasteiger partial charge in [-0.3, -0.25) is 14.9 Å². The summed E-state index contributed by atoms with van der Waals surface area (Å²) < 4.78 is 24.6. The minimum Gasteiger partial charge on any atom is -0.493 e. The molecular weight excluding hydrogens is 451 g/mol. The van der Waals surface area contributed by atoms with Crippen molar-refractivity contribution in [2.45, 2.75) is 20.5 Å². The Bertz CT molecular complexity index is 1370. The van der Waals surface area contributed by atoms with Gasteiger partial charge in [0.25, 0.3) is 11.8 Å². The van der Waals surface area contributed by atoms with E-state index in [4.69, 9.17) is 9.47 Å². The van der Waals surface area contributed by atoms with Crippen molar-refractivity contribution in [3.8, 4) is 11.5 Å². The predicted octanol–water partition coefficient (Wildman–Crippen LogP) is 4.70. The first-order valence-electron chi connectivity index (χ1n) is 10.8. The van der Waals surface area contributed by atoms with E-state index in [0.29, 0.717) is 28.3 Å². The van der Waals surface area contributed by atoms with E-state index in [1.807, 2.05) is 13.0 Å². The molecule has 7 nitrogen and oxygen atoms in total. The van der Waals surface area contributed by atoms with Gasteiger partial charge in [-0.2, -0.15) is 0 Å². The highest BCUT2D eigenvalue weighted by molar-refractivity contribution is 6.39. The summed E-state index contributed by atoms with van der Waals surface area (Å²) in [6.07, 6.45) is 1.39. The Morgan fingerprint density at radius 2 is 1.77 bits per heavy atom. The zero-order valence-electron chi connectivity index (χ0n) is 19.4. The number of urea groups is 1. The quantitative estimate of drug-likeness (QED) is 0.414. The van der Waals surface area contributed by atoms with E-state index in [0.717, 1.165) is 16.0 Å². The molecule has 8 heteroatoms. The number of nitrogens with one attached hydrogen (secondary N) is 1. The average molecular weight is 474 g/mol. The van der Waals surface area contributed by atoms with Crippen LogP contribution in [0.2, 0.25) is 0 Å². The molecule has 3 aromatic carbocycles. The van der Waals surface area contributed by atoms with Crippen LogP contribution < -0.4 is 19.7 Å². The molecule has 0 atom stereocenters. The third-order valence-electron chi connectivity index (χ3n) is 5.48. The van der Waals surface area contributed by atoms with Gasteiger partial charge < -0.3 is 9.47 Å². The summed E-state index contributed by atoms with van der Waals surface area (Å²) in [5, 5.41) is 2.23. The van der Waals surface area contributed by atoms with Crippen LogP contribution in [0, 0.1) is 19.7 Å². The van der Waals surface area contributed by atoms with Crippen LogP contribution in [0.5, 0.6) is 11.5 Å². The highest BCUT2D eigenvalue weighted by atomic mass is 19.1. The molecule has 1 aliphatic rings. The van der Waals surface area contributed by atoms with Crippen molar-refractivity contribution in [1.82, 2.24) is 5.32 Å². The smallest absolute Gasteiger partial charge is 0.335 e. The number of methoxy groups -OCH3 is 1. The number of carbonyl (C=O) groups is 3. The van der Waals surface area contributed by atoms with Crippen LogP contribution in [0.15, 0.2) is 66.2 Å². The summed E-state index contributed by atoms with van der Waals surface area (Å²) >= 11 is 0. The molecule has 35 heavy (non-hydrogen) atoms. The van der Waals surface area contributed by atoms with Gasteiger partial charge >= 0.3 is 6.03 Å². The number of amides is 4. The number of carbonyl (C=O) groups excluding carboxylic acids is 3. The molecule has 1 N–H and O–H groups in total. The first-order valence-corrected chi connectivity index (χ1v) is 10.8. The van der Waals surface area contributed by atoms with E-state index >= 15 is 0 Å².